The summed E-state index contributed by atoms with van der Waals surface area (Å²) in [5, 5.41) is 6.73. The van der Waals surface area contributed by atoms with E-state index < -0.39 is 0 Å². The second-order valence-electron chi connectivity index (χ2n) is 5.28. The Labute approximate surface area is 116 Å². The summed E-state index contributed by atoms with van der Waals surface area (Å²) >= 11 is 0. The van der Waals surface area contributed by atoms with Gasteiger partial charge in [0.1, 0.15) is 0 Å². The van der Waals surface area contributed by atoms with Crippen molar-refractivity contribution in [2.75, 3.05) is 34.4 Å². The third kappa shape index (κ3) is 5.09. The minimum absolute atomic E-state index is 0.102. The Morgan fingerprint density at radius 3 is 2.37 bits per heavy atom. The molecule has 1 aromatic carbocycles. The standard InChI is InChI=1S/C15H26N2O2/c1-15(2,11-16-3)17-9-8-12-6-7-13(18-4)14(10-12)19-5/h6-7,10,16-17H,8-9,11H2,1-5H3. The minimum Gasteiger partial charge on any atom is -0.493 e. The molecule has 0 saturated heterocycles. The number of ether oxygens (including phenoxy) is 2. The van der Waals surface area contributed by atoms with Gasteiger partial charge in [-0.2, -0.15) is 0 Å². The summed E-state index contributed by atoms with van der Waals surface area (Å²) in [6, 6.07) is 6.06. The lowest BCUT2D eigenvalue weighted by atomic mass is 10.0. The average Bonchev–Trinajstić information content (AvgIpc) is 2.38. The fourth-order valence-electron chi connectivity index (χ4n) is 2.09. The largest absolute Gasteiger partial charge is 0.493 e. The first-order valence-corrected chi connectivity index (χ1v) is 6.63. The van der Waals surface area contributed by atoms with Crippen LogP contribution in [-0.2, 0) is 6.42 Å². The fraction of sp³-hybridized carbons (Fsp3) is 0.600. The number of likely N-dealkylation sites (N-methyl/N-ethyl adjacent to an activating group) is 1. The van der Waals surface area contributed by atoms with Crippen molar-refractivity contribution in [2.24, 2.45) is 0 Å². The van der Waals surface area contributed by atoms with E-state index in [1.807, 2.05) is 19.2 Å². The normalized spacial score (nSPS) is 11.4. The van der Waals surface area contributed by atoms with Gasteiger partial charge >= 0.3 is 0 Å². The zero-order chi connectivity index (χ0) is 14.3. The lowest BCUT2D eigenvalue weighted by molar-refractivity contribution is 0.354. The molecule has 0 aliphatic carbocycles. The van der Waals surface area contributed by atoms with Gasteiger partial charge in [0, 0.05) is 12.1 Å². The highest BCUT2D eigenvalue weighted by Crippen LogP contribution is 2.27. The maximum Gasteiger partial charge on any atom is 0.160 e. The highest BCUT2D eigenvalue weighted by Gasteiger charge is 2.14. The van der Waals surface area contributed by atoms with Gasteiger partial charge in [-0.25, -0.2) is 0 Å². The van der Waals surface area contributed by atoms with Crippen molar-refractivity contribution in [2.45, 2.75) is 25.8 Å². The molecule has 0 bridgehead atoms. The molecule has 2 N–H and O–H groups in total. The van der Waals surface area contributed by atoms with Crippen molar-refractivity contribution in [3.05, 3.63) is 23.8 Å². The van der Waals surface area contributed by atoms with Crippen LogP contribution in [0.4, 0.5) is 0 Å². The molecule has 1 aromatic rings. The predicted octanol–water partition coefficient (Wildman–Crippen LogP) is 1.83. The molecule has 0 aliphatic rings. The maximum atomic E-state index is 5.31. The van der Waals surface area contributed by atoms with Crippen molar-refractivity contribution in [3.63, 3.8) is 0 Å². The van der Waals surface area contributed by atoms with Gasteiger partial charge < -0.3 is 20.1 Å². The summed E-state index contributed by atoms with van der Waals surface area (Å²) < 4.78 is 10.5. The third-order valence-corrected chi connectivity index (χ3v) is 3.08. The Morgan fingerprint density at radius 1 is 1.11 bits per heavy atom. The molecule has 0 unspecified atom stereocenters. The molecule has 108 valence electrons. The van der Waals surface area contributed by atoms with E-state index in [1.54, 1.807) is 14.2 Å². The molecule has 4 nitrogen and oxygen atoms in total. The van der Waals surface area contributed by atoms with Gasteiger partial charge in [0.2, 0.25) is 0 Å². The van der Waals surface area contributed by atoms with Gasteiger partial charge in [-0.3, -0.25) is 0 Å². The summed E-state index contributed by atoms with van der Waals surface area (Å²) in [5.41, 5.74) is 1.34. The number of hydrogen-bond donors (Lipinski definition) is 2. The second kappa shape index (κ2) is 7.36. The molecule has 1 rings (SSSR count). The van der Waals surface area contributed by atoms with E-state index in [4.69, 9.17) is 9.47 Å². The molecule has 19 heavy (non-hydrogen) atoms. The summed E-state index contributed by atoms with van der Waals surface area (Å²) in [6.45, 7) is 6.26. The zero-order valence-corrected chi connectivity index (χ0v) is 12.7. The molecule has 0 spiro atoms. The van der Waals surface area contributed by atoms with Crippen molar-refractivity contribution < 1.29 is 9.47 Å². The van der Waals surface area contributed by atoms with Crippen LogP contribution in [0, 0.1) is 0 Å². The molecule has 0 radical (unpaired) electrons. The first-order valence-electron chi connectivity index (χ1n) is 6.63. The van der Waals surface area contributed by atoms with Crippen LogP contribution in [0.5, 0.6) is 11.5 Å². The SMILES string of the molecule is CNCC(C)(C)NCCc1ccc(OC)c(OC)c1. The van der Waals surface area contributed by atoms with Crippen LogP contribution < -0.4 is 20.1 Å². The first kappa shape index (κ1) is 15.8. The number of hydrogen-bond acceptors (Lipinski definition) is 4. The predicted molar refractivity (Wildman–Crippen MR) is 79.3 cm³/mol. The van der Waals surface area contributed by atoms with Crippen molar-refractivity contribution >= 4 is 0 Å². The van der Waals surface area contributed by atoms with Gasteiger partial charge in [-0.1, -0.05) is 6.07 Å². The third-order valence-electron chi connectivity index (χ3n) is 3.08. The van der Waals surface area contributed by atoms with Gasteiger partial charge in [-0.15, -0.1) is 0 Å². The van der Waals surface area contributed by atoms with Crippen LogP contribution in [0.3, 0.4) is 0 Å². The van der Waals surface area contributed by atoms with E-state index in [9.17, 15) is 0 Å². The smallest absolute Gasteiger partial charge is 0.160 e. The monoisotopic (exact) mass is 266 g/mol. The molecular formula is C15H26N2O2. The van der Waals surface area contributed by atoms with Gasteiger partial charge in [0.25, 0.3) is 0 Å². The van der Waals surface area contributed by atoms with E-state index in [1.165, 1.54) is 5.56 Å². The van der Waals surface area contributed by atoms with Crippen LogP contribution in [-0.4, -0.2) is 39.9 Å². The van der Waals surface area contributed by atoms with Crippen LogP contribution in [0.1, 0.15) is 19.4 Å². The van der Waals surface area contributed by atoms with E-state index in [0.717, 1.165) is 31.0 Å². The van der Waals surface area contributed by atoms with Crippen molar-refractivity contribution in [3.8, 4) is 11.5 Å². The molecule has 4 heteroatoms. The molecular weight excluding hydrogens is 240 g/mol. The first-order chi connectivity index (χ1) is 9.02. The molecule has 0 aliphatic heterocycles. The van der Waals surface area contributed by atoms with Gasteiger partial charge in [0.15, 0.2) is 11.5 Å². The highest BCUT2D eigenvalue weighted by atomic mass is 16.5. The molecule has 0 fully saturated rings. The Morgan fingerprint density at radius 2 is 1.79 bits per heavy atom. The van der Waals surface area contributed by atoms with Crippen LogP contribution in [0.2, 0.25) is 0 Å². The second-order valence-corrected chi connectivity index (χ2v) is 5.28. The molecule has 0 saturated carbocycles. The molecule has 0 atom stereocenters. The summed E-state index contributed by atoms with van der Waals surface area (Å²) in [7, 11) is 5.28. The van der Waals surface area contributed by atoms with Gasteiger partial charge in [-0.05, 0) is 51.6 Å². The Hall–Kier alpha value is -1.26. The van der Waals surface area contributed by atoms with Crippen molar-refractivity contribution in [1.29, 1.82) is 0 Å². The van der Waals surface area contributed by atoms with E-state index >= 15 is 0 Å². The van der Waals surface area contributed by atoms with Crippen LogP contribution in [0.25, 0.3) is 0 Å². The molecule has 0 aromatic heterocycles. The lowest BCUT2D eigenvalue weighted by Gasteiger charge is -2.26. The molecule has 0 amide bonds. The highest BCUT2D eigenvalue weighted by molar-refractivity contribution is 5.42. The van der Waals surface area contributed by atoms with Crippen LogP contribution >= 0.6 is 0 Å². The van der Waals surface area contributed by atoms with Crippen molar-refractivity contribution in [1.82, 2.24) is 10.6 Å². The summed E-state index contributed by atoms with van der Waals surface area (Å²) in [5.74, 6) is 1.56. The topological polar surface area (TPSA) is 42.5 Å². The average molecular weight is 266 g/mol. The Balaban J connectivity index is 2.54. The zero-order valence-electron chi connectivity index (χ0n) is 12.7. The van der Waals surface area contributed by atoms with E-state index in [2.05, 4.69) is 30.5 Å². The van der Waals surface area contributed by atoms with Gasteiger partial charge in [0.05, 0.1) is 14.2 Å². The Kier molecular flexibility index (Phi) is 6.12. The number of nitrogens with one attached hydrogen (secondary N) is 2. The Bertz CT molecular complexity index is 392. The molecule has 0 heterocycles. The quantitative estimate of drug-likeness (QED) is 0.753. The maximum absolute atomic E-state index is 5.31. The number of methoxy groups -OCH3 is 2. The minimum atomic E-state index is 0.102. The summed E-state index contributed by atoms with van der Waals surface area (Å²) in [6.07, 6.45) is 0.966. The van der Waals surface area contributed by atoms with E-state index in [-0.39, 0.29) is 5.54 Å². The number of rotatable bonds is 8. The fourth-order valence-corrected chi connectivity index (χ4v) is 2.09. The van der Waals surface area contributed by atoms with E-state index in [0.29, 0.717) is 0 Å². The summed E-state index contributed by atoms with van der Waals surface area (Å²) in [4.78, 5) is 0. The van der Waals surface area contributed by atoms with Crippen LogP contribution in [0.15, 0.2) is 18.2 Å². The lowest BCUT2D eigenvalue weighted by Crippen LogP contribution is -2.47. The number of benzene rings is 1.